The van der Waals surface area contributed by atoms with Crippen LogP contribution >= 0.6 is 0 Å². The summed E-state index contributed by atoms with van der Waals surface area (Å²) >= 11 is 0. The van der Waals surface area contributed by atoms with E-state index < -0.39 is 0 Å². The third kappa shape index (κ3) is 61.4. The Morgan fingerprint density at radius 3 is 0.605 bits per heavy atom. The number of hydrogen-bond acceptors (Lipinski definition) is 9. The van der Waals surface area contributed by atoms with E-state index in [1.54, 1.807) is 0 Å². The maximum absolute atomic E-state index is 5.49. The molecule has 9 nitrogen and oxygen atoms in total. The average Bonchev–Trinajstić information content (AvgIpc) is 2.88. The van der Waals surface area contributed by atoms with Gasteiger partial charge in [-0.15, -0.1) is 0 Å². The highest BCUT2D eigenvalue weighted by molar-refractivity contribution is 4.59. The average molecular weight is 629 g/mol. The van der Waals surface area contributed by atoms with E-state index in [4.69, 9.17) is 42.6 Å². The van der Waals surface area contributed by atoms with Gasteiger partial charge >= 0.3 is 0 Å². The van der Waals surface area contributed by atoms with E-state index in [0.29, 0.717) is 79.3 Å². The third-order valence-electron chi connectivity index (χ3n) is 4.45. The van der Waals surface area contributed by atoms with E-state index in [2.05, 4.69) is 20.8 Å². The zero-order chi connectivity index (χ0) is 32.6. The molecule has 0 heterocycles. The first-order valence-corrected chi connectivity index (χ1v) is 16.1. The summed E-state index contributed by atoms with van der Waals surface area (Å²) in [4.78, 5) is 0. The normalized spacial score (nSPS) is 11.7. The quantitative estimate of drug-likeness (QED) is 0.102. The fourth-order valence-electron chi connectivity index (χ4n) is 2.62. The molecule has 0 radical (unpaired) electrons. The van der Waals surface area contributed by atoms with Crippen LogP contribution in [0.1, 0.15) is 110 Å². The van der Waals surface area contributed by atoms with Crippen molar-refractivity contribution in [1.82, 2.24) is 0 Å². The van der Waals surface area contributed by atoms with E-state index in [1.165, 1.54) is 0 Å². The number of ether oxygens (including phenoxy) is 9. The van der Waals surface area contributed by atoms with Gasteiger partial charge in [0.05, 0.1) is 96.1 Å². The summed E-state index contributed by atoms with van der Waals surface area (Å²) in [5.41, 5.74) is -0.202. The van der Waals surface area contributed by atoms with Crippen LogP contribution < -0.4 is 0 Å². The molecule has 0 unspecified atom stereocenters. The maximum atomic E-state index is 5.49. The van der Waals surface area contributed by atoms with E-state index in [0.717, 1.165) is 39.1 Å². The van der Waals surface area contributed by atoms with Crippen LogP contribution in [0.2, 0.25) is 0 Å². The van der Waals surface area contributed by atoms with Crippen LogP contribution in [0.3, 0.4) is 0 Å². The van der Waals surface area contributed by atoms with Crippen LogP contribution in [-0.2, 0) is 42.6 Å². The molecule has 0 aromatic heterocycles. The van der Waals surface area contributed by atoms with Crippen LogP contribution in [0.25, 0.3) is 0 Å². The van der Waals surface area contributed by atoms with Crippen molar-refractivity contribution < 1.29 is 42.6 Å². The standard InChI is InChI=1S/3C11H24O3.CH4/c3*1-5-6-12-7-8-13-9-10-14-11(2,3)4;/h3*5-10H2,1-4H3;1H4. The summed E-state index contributed by atoms with van der Waals surface area (Å²) in [5, 5.41) is 0. The van der Waals surface area contributed by atoms with E-state index >= 15 is 0 Å². The van der Waals surface area contributed by atoms with Crippen LogP contribution in [0.4, 0.5) is 0 Å². The molecule has 43 heavy (non-hydrogen) atoms. The molecule has 0 saturated carbocycles. The second-order valence-corrected chi connectivity index (χ2v) is 12.6. The molecule has 0 rings (SSSR count). The summed E-state index contributed by atoms with van der Waals surface area (Å²) in [7, 11) is 0. The number of rotatable bonds is 24. The first-order valence-electron chi connectivity index (χ1n) is 16.1. The lowest BCUT2D eigenvalue weighted by Gasteiger charge is -2.19. The molecule has 0 saturated heterocycles. The molecular weight excluding hydrogens is 552 g/mol. The van der Waals surface area contributed by atoms with Gasteiger partial charge in [-0.1, -0.05) is 28.2 Å². The smallest absolute Gasteiger partial charge is 0.0707 e. The third-order valence-corrected chi connectivity index (χ3v) is 4.45. The Morgan fingerprint density at radius 2 is 0.442 bits per heavy atom. The number of hydrogen-bond donors (Lipinski definition) is 0. The summed E-state index contributed by atoms with van der Waals surface area (Å²) in [6.45, 7) is 35.0. The minimum absolute atomic E-state index is 0. The highest BCUT2D eigenvalue weighted by atomic mass is 16.6. The lowest BCUT2D eigenvalue weighted by molar-refractivity contribution is -0.0425. The predicted molar refractivity (Wildman–Crippen MR) is 180 cm³/mol. The van der Waals surface area contributed by atoms with Crippen molar-refractivity contribution >= 4 is 0 Å². The van der Waals surface area contributed by atoms with Crippen molar-refractivity contribution in [2.75, 3.05) is 99.1 Å². The van der Waals surface area contributed by atoms with Crippen molar-refractivity contribution in [3.05, 3.63) is 0 Å². The van der Waals surface area contributed by atoms with Crippen LogP contribution in [0.5, 0.6) is 0 Å². The van der Waals surface area contributed by atoms with E-state index in [1.807, 2.05) is 62.3 Å². The molecule has 9 heteroatoms. The van der Waals surface area contributed by atoms with Crippen molar-refractivity contribution in [3.63, 3.8) is 0 Å². The van der Waals surface area contributed by atoms with E-state index in [-0.39, 0.29) is 24.2 Å². The summed E-state index contributed by atoms with van der Waals surface area (Å²) < 4.78 is 48.2. The zero-order valence-electron chi connectivity index (χ0n) is 29.9. The van der Waals surface area contributed by atoms with Crippen molar-refractivity contribution in [3.8, 4) is 0 Å². The molecule has 0 aromatic carbocycles. The molecule has 0 spiro atoms. The lowest BCUT2D eigenvalue weighted by atomic mass is 10.2. The first-order chi connectivity index (χ1) is 19.7. The van der Waals surface area contributed by atoms with Gasteiger partial charge in [0, 0.05) is 19.8 Å². The SMILES string of the molecule is C.CCCOCCOCCOC(C)(C)C.CCCOCCOCCOC(C)(C)C.CCCOCCOCCOC(C)(C)C. The summed E-state index contributed by atoms with van der Waals surface area (Å²) in [6, 6.07) is 0. The first kappa shape index (κ1) is 49.5. The highest BCUT2D eigenvalue weighted by Gasteiger charge is 2.10. The van der Waals surface area contributed by atoms with Gasteiger partial charge in [0.15, 0.2) is 0 Å². The Balaban J connectivity index is -0.000000262. The lowest BCUT2D eigenvalue weighted by Crippen LogP contribution is -2.22. The summed E-state index contributed by atoms with van der Waals surface area (Å²) in [5.74, 6) is 0. The Morgan fingerprint density at radius 1 is 0.279 bits per heavy atom. The van der Waals surface area contributed by atoms with Gasteiger partial charge in [0.25, 0.3) is 0 Å². The Bertz CT molecular complexity index is 426. The highest BCUT2D eigenvalue weighted by Crippen LogP contribution is 2.06. The molecule has 266 valence electrons. The molecule has 0 amide bonds. The monoisotopic (exact) mass is 629 g/mol. The second kappa shape index (κ2) is 34.5. The molecule has 0 atom stereocenters. The van der Waals surface area contributed by atoms with Gasteiger partial charge in [-0.25, -0.2) is 0 Å². The fourth-order valence-corrected chi connectivity index (χ4v) is 2.62. The zero-order valence-corrected chi connectivity index (χ0v) is 29.9. The van der Waals surface area contributed by atoms with Crippen LogP contribution in [0.15, 0.2) is 0 Å². The van der Waals surface area contributed by atoms with Gasteiger partial charge in [0.1, 0.15) is 0 Å². The molecule has 0 aliphatic heterocycles. The molecule has 0 fully saturated rings. The summed E-state index contributed by atoms with van der Waals surface area (Å²) in [6.07, 6.45) is 3.19. The van der Waals surface area contributed by atoms with Crippen LogP contribution in [0, 0.1) is 0 Å². The molecule has 0 aliphatic rings. The topological polar surface area (TPSA) is 83.1 Å². The Labute approximate surface area is 268 Å². The molecular formula is C34H76O9. The van der Waals surface area contributed by atoms with Crippen LogP contribution in [-0.4, -0.2) is 116 Å². The van der Waals surface area contributed by atoms with Crippen molar-refractivity contribution in [2.45, 2.75) is 127 Å². The minimum Gasteiger partial charge on any atom is -0.379 e. The fraction of sp³-hybridized carbons (Fsp3) is 1.00. The van der Waals surface area contributed by atoms with Gasteiger partial charge in [-0.3, -0.25) is 0 Å². The Hall–Kier alpha value is -0.360. The van der Waals surface area contributed by atoms with Gasteiger partial charge < -0.3 is 42.6 Å². The maximum Gasteiger partial charge on any atom is 0.0707 e. The molecule has 0 N–H and O–H groups in total. The predicted octanol–water partition coefficient (Wildman–Crippen LogP) is 7.37. The molecule has 0 aliphatic carbocycles. The van der Waals surface area contributed by atoms with Gasteiger partial charge in [-0.05, 0) is 81.6 Å². The van der Waals surface area contributed by atoms with E-state index in [9.17, 15) is 0 Å². The Kier molecular flexibility index (Phi) is 39.7. The molecule has 0 bridgehead atoms. The minimum atomic E-state index is -0.0674. The van der Waals surface area contributed by atoms with Gasteiger partial charge in [0.2, 0.25) is 0 Å². The molecule has 0 aromatic rings. The van der Waals surface area contributed by atoms with Gasteiger partial charge in [-0.2, -0.15) is 0 Å². The van der Waals surface area contributed by atoms with Crippen molar-refractivity contribution in [1.29, 1.82) is 0 Å². The largest absolute Gasteiger partial charge is 0.379 e. The second-order valence-electron chi connectivity index (χ2n) is 12.6. The van der Waals surface area contributed by atoms with Crippen molar-refractivity contribution in [2.24, 2.45) is 0 Å².